The molecule has 0 spiro atoms. The Balaban J connectivity index is 1.36. The predicted molar refractivity (Wildman–Crippen MR) is 139 cm³/mol. The van der Waals surface area contributed by atoms with Crippen LogP contribution in [0.5, 0.6) is 0 Å². The Labute approximate surface area is 204 Å². The Hall–Kier alpha value is -3.39. The van der Waals surface area contributed by atoms with E-state index in [-0.39, 0.29) is 5.91 Å². The van der Waals surface area contributed by atoms with Gasteiger partial charge in [0.25, 0.3) is 0 Å². The molecule has 8 heteroatoms. The van der Waals surface area contributed by atoms with Crippen molar-refractivity contribution in [3.63, 3.8) is 0 Å². The third kappa shape index (κ3) is 5.94. The largest absolute Gasteiger partial charge is 0.369 e. The quantitative estimate of drug-likeness (QED) is 0.240. The fraction of sp³-hybridized carbons (Fsp3) is 0.308. The Kier molecular flexibility index (Phi) is 8.14. The first-order valence-electron chi connectivity index (χ1n) is 11.7. The molecule has 2 heterocycles. The zero-order chi connectivity index (χ0) is 23.8. The molecule has 0 aliphatic heterocycles. The van der Waals surface area contributed by atoms with Crippen molar-refractivity contribution < 1.29 is 4.79 Å². The molecule has 1 amide bonds. The first-order chi connectivity index (χ1) is 16.7. The maximum absolute atomic E-state index is 12.5. The number of hydrogen-bond acceptors (Lipinski definition) is 6. The predicted octanol–water partition coefficient (Wildman–Crippen LogP) is 4.79. The van der Waals surface area contributed by atoms with Gasteiger partial charge < -0.3 is 10.6 Å². The van der Waals surface area contributed by atoms with E-state index in [2.05, 4.69) is 58.8 Å². The molecule has 2 aromatic heterocycles. The van der Waals surface area contributed by atoms with Crippen LogP contribution in [0.3, 0.4) is 0 Å². The summed E-state index contributed by atoms with van der Waals surface area (Å²) in [6, 6.07) is 18.4. The molecule has 0 bridgehead atoms. The number of carbonyl (C=O) groups excluding carboxylic acids is 1. The van der Waals surface area contributed by atoms with Crippen molar-refractivity contribution >= 4 is 34.5 Å². The molecule has 0 radical (unpaired) electrons. The lowest BCUT2D eigenvalue weighted by atomic mass is 10.0. The van der Waals surface area contributed by atoms with E-state index < -0.39 is 0 Å². The number of thioether (sulfide) groups is 1. The molecule has 2 N–H and O–H groups in total. The molecule has 2 aromatic carbocycles. The van der Waals surface area contributed by atoms with Crippen molar-refractivity contribution in [1.29, 1.82) is 0 Å². The van der Waals surface area contributed by atoms with E-state index in [0.717, 1.165) is 51.9 Å². The highest BCUT2D eigenvalue weighted by Gasteiger charge is 2.13. The van der Waals surface area contributed by atoms with Gasteiger partial charge in [0.15, 0.2) is 10.8 Å². The van der Waals surface area contributed by atoms with Gasteiger partial charge in [0.05, 0.1) is 24.5 Å². The number of amides is 1. The molecule has 7 nitrogen and oxygen atoms in total. The summed E-state index contributed by atoms with van der Waals surface area (Å²) < 4.78 is 1.84. The summed E-state index contributed by atoms with van der Waals surface area (Å²) >= 11 is 1.61. The van der Waals surface area contributed by atoms with Gasteiger partial charge >= 0.3 is 0 Å². The third-order valence-corrected chi connectivity index (χ3v) is 6.09. The summed E-state index contributed by atoms with van der Waals surface area (Å²) in [5, 5.41) is 12.5. The number of nitrogens with one attached hydrogen (secondary N) is 2. The van der Waals surface area contributed by atoms with E-state index in [1.807, 2.05) is 35.0 Å². The van der Waals surface area contributed by atoms with E-state index in [9.17, 15) is 4.79 Å². The average molecular weight is 475 g/mol. The molecule has 4 aromatic rings. The maximum atomic E-state index is 12.5. The fourth-order valence-electron chi connectivity index (χ4n) is 3.67. The lowest BCUT2D eigenvalue weighted by molar-refractivity contribution is -0.120. The third-order valence-electron chi connectivity index (χ3n) is 5.36. The van der Waals surface area contributed by atoms with Gasteiger partial charge in [0, 0.05) is 13.1 Å². The highest BCUT2D eigenvalue weighted by atomic mass is 32.2. The van der Waals surface area contributed by atoms with Crippen LogP contribution in [0.25, 0.3) is 22.2 Å². The van der Waals surface area contributed by atoms with Crippen molar-refractivity contribution in [3.8, 4) is 11.1 Å². The summed E-state index contributed by atoms with van der Waals surface area (Å²) in [6.07, 6.45) is 3.15. The maximum Gasteiger partial charge on any atom is 0.224 e. The molecule has 0 atom stereocenters. The highest BCUT2D eigenvalue weighted by Crippen LogP contribution is 2.24. The van der Waals surface area contributed by atoms with E-state index in [1.54, 1.807) is 18.0 Å². The van der Waals surface area contributed by atoms with Crippen LogP contribution < -0.4 is 10.6 Å². The number of benzene rings is 2. The zero-order valence-corrected chi connectivity index (χ0v) is 20.4. The molecule has 0 saturated carbocycles. The molecule has 0 aliphatic carbocycles. The molecule has 0 saturated heterocycles. The van der Waals surface area contributed by atoms with Crippen LogP contribution in [0.1, 0.15) is 25.8 Å². The van der Waals surface area contributed by atoms with Crippen LogP contribution in [0.4, 0.5) is 5.82 Å². The topological polar surface area (TPSA) is 84.7 Å². The van der Waals surface area contributed by atoms with Gasteiger partial charge in [-0.1, -0.05) is 80.2 Å². The van der Waals surface area contributed by atoms with Gasteiger partial charge in [0.1, 0.15) is 5.82 Å². The lowest BCUT2D eigenvalue weighted by Gasteiger charge is -2.09. The first kappa shape index (κ1) is 23.8. The van der Waals surface area contributed by atoms with Crippen molar-refractivity contribution in [1.82, 2.24) is 25.1 Å². The minimum absolute atomic E-state index is 0.00826. The number of hydrogen-bond donors (Lipinski definition) is 2. The Morgan fingerprint density at radius 2 is 1.74 bits per heavy atom. The van der Waals surface area contributed by atoms with E-state index in [0.29, 0.717) is 19.5 Å². The average Bonchev–Trinajstić information content (AvgIpc) is 3.27. The molecule has 176 valence electrons. The lowest BCUT2D eigenvalue weighted by Crippen LogP contribution is -2.28. The first-order valence-corrected chi connectivity index (χ1v) is 12.7. The van der Waals surface area contributed by atoms with Gasteiger partial charge in [-0.05, 0) is 28.9 Å². The van der Waals surface area contributed by atoms with Crippen LogP contribution in [-0.2, 0) is 17.8 Å². The fourth-order valence-corrected chi connectivity index (χ4v) is 4.23. The summed E-state index contributed by atoms with van der Waals surface area (Å²) in [6.45, 7) is 6.07. The van der Waals surface area contributed by atoms with Gasteiger partial charge in [-0.2, -0.15) is 5.10 Å². The minimum atomic E-state index is -0.00826. The number of anilines is 1. The molecule has 34 heavy (non-hydrogen) atoms. The summed E-state index contributed by atoms with van der Waals surface area (Å²) in [4.78, 5) is 21.8. The normalized spacial score (nSPS) is 11.0. The number of aromatic nitrogens is 4. The van der Waals surface area contributed by atoms with Crippen LogP contribution in [0, 0.1) is 0 Å². The summed E-state index contributed by atoms with van der Waals surface area (Å²) in [7, 11) is 0. The second-order valence-electron chi connectivity index (χ2n) is 7.91. The van der Waals surface area contributed by atoms with Gasteiger partial charge in [-0.25, -0.2) is 14.6 Å². The number of fused-ring (bicyclic) bond motifs is 1. The molecular formula is C26H30N6OS. The molecule has 0 unspecified atom stereocenters. The standard InChI is InChI=1S/C26H30N6OS/c1-3-14-28-24-22-18-29-32(25(22)31-26(30-24)34-4-2)16-15-27-23(33)17-19-10-12-21(13-11-19)20-8-6-5-7-9-20/h5-13,18H,3-4,14-17H2,1-2H3,(H,27,33)(H,28,30,31). The zero-order valence-electron chi connectivity index (χ0n) is 19.6. The minimum Gasteiger partial charge on any atom is -0.369 e. The van der Waals surface area contributed by atoms with E-state index in [1.165, 1.54) is 5.56 Å². The van der Waals surface area contributed by atoms with Gasteiger partial charge in [-0.15, -0.1) is 0 Å². The summed E-state index contributed by atoms with van der Waals surface area (Å²) in [5.74, 6) is 1.71. The number of rotatable bonds is 11. The number of nitrogens with zero attached hydrogens (tertiary/aromatic N) is 4. The molecular weight excluding hydrogens is 444 g/mol. The van der Waals surface area contributed by atoms with Crippen LogP contribution >= 0.6 is 11.8 Å². The van der Waals surface area contributed by atoms with Crippen molar-refractivity contribution in [2.45, 2.75) is 38.4 Å². The smallest absolute Gasteiger partial charge is 0.224 e. The monoisotopic (exact) mass is 474 g/mol. The SMILES string of the molecule is CCCNc1nc(SCC)nc2c1cnn2CCNC(=O)Cc1ccc(-c2ccccc2)cc1. The summed E-state index contributed by atoms with van der Waals surface area (Å²) in [5.41, 5.74) is 4.09. The highest BCUT2D eigenvalue weighted by molar-refractivity contribution is 7.99. The van der Waals surface area contributed by atoms with Crippen LogP contribution in [-0.4, -0.2) is 44.5 Å². The van der Waals surface area contributed by atoms with Crippen LogP contribution in [0.15, 0.2) is 66.0 Å². The Bertz CT molecular complexity index is 1220. The second kappa shape index (κ2) is 11.7. The molecule has 0 fully saturated rings. The van der Waals surface area contributed by atoms with Crippen LogP contribution in [0.2, 0.25) is 0 Å². The van der Waals surface area contributed by atoms with Crippen molar-refractivity contribution in [2.24, 2.45) is 0 Å². The molecule has 0 aliphatic rings. The van der Waals surface area contributed by atoms with E-state index in [4.69, 9.17) is 4.98 Å². The number of carbonyl (C=O) groups is 1. The molecule has 4 rings (SSSR count). The van der Waals surface area contributed by atoms with Crippen molar-refractivity contribution in [3.05, 3.63) is 66.4 Å². The second-order valence-corrected chi connectivity index (χ2v) is 9.14. The Morgan fingerprint density at radius 1 is 0.971 bits per heavy atom. The van der Waals surface area contributed by atoms with Gasteiger partial charge in [0.2, 0.25) is 5.91 Å². The van der Waals surface area contributed by atoms with Crippen molar-refractivity contribution in [2.75, 3.05) is 24.2 Å². The van der Waals surface area contributed by atoms with Gasteiger partial charge in [-0.3, -0.25) is 4.79 Å². The van der Waals surface area contributed by atoms with E-state index >= 15 is 0 Å². The Morgan fingerprint density at radius 3 is 2.47 bits per heavy atom.